The minimum Gasteiger partial charge on any atom is -0.385 e. The zero-order valence-electron chi connectivity index (χ0n) is 17.2. The number of aliphatic imine (C=N–C) groups is 1. The Morgan fingerprint density at radius 2 is 2.07 bits per heavy atom. The van der Waals surface area contributed by atoms with Gasteiger partial charge in [-0.15, -0.1) is 24.0 Å². The molecule has 1 saturated heterocycles. The Hall–Kier alpha value is -0.870. The first-order valence-corrected chi connectivity index (χ1v) is 9.70. The molecule has 2 heterocycles. The Bertz CT molecular complexity index is 542. The molecule has 0 aliphatic carbocycles. The fourth-order valence-corrected chi connectivity index (χ4v) is 3.24. The van der Waals surface area contributed by atoms with E-state index in [1.54, 1.807) is 7.11 Å². The van der Waals surface area contributed by atoms with Crippen molar-refractivity contribution in [2.75, 3.05) is 40.5 Å². The quantitative estimate of drug-likeness (QED) is 0.248. The SMILES string of the molecule is CN=C(NCc1nccn1CC(C)C)N1CCC(OCCCOC)CC1.I. The molecule has 0 spiro atoms. The normalized spacial score (nSPS) is 15.9. The van der Waals surface area contributed by atoms with Gasteiger partial charge in [-0.3, -0.25) is 4.99 Å². The van der Waals surface area contributed by atoms with E-state index in [0.29, 0.717) is 18.6 Å². The summed E-state index contributed by atoms with van der Waals surface area (Å²) in [5, 5.41) is 3.47. The molecule has 0 atom stereocenters. The molecule has 1 fully saturated rings. The summed E-state index contributed by atoms with van der Waals surface area (Å²) in [6, 6.07) is 0. The number of guanidine groups is 1. The first kappa shape index (κ1) is 24.2. The highest BCUT2D eigenvalue weighted by Gasteiger charge is 2.22. The third-order valence-electron chi connectivity index (χ3n) is 4.57. The molecular formula is C19H36IN5O2. The van der Waals surface area contributed by atoms with Crippen molar-refractivity contribution in [1.82, 2.24) is 19.8 Å². The van der Waals surface area contributed by atoms with Crippen molar-refractivity contribution in [3.05, 3.63) is 18.2 Å². The summed E-state index contributed by atoms with van der Waals surface area (Å²) in [4.78, 5) is 11.2. The molecule has 27 heavy (non-hydrogen) atoms. The monoisotopic (exact) mass is 493 g/mol. The molecule has 1 aromatic rings. The van der Waals surface area contributed by atoms with Crippen molar-refractivity contribution >= 4 is 29.9 Å². The zero-order valence-corrected chi connectivity index (χ0v) is 19.5. The molecule has 1 aliphatic rings. The highest BCUT2D eigenvalue weighted by molar-refractivity contribution is 14.0. The summed E-state index contributed by atoms with van der Waals surface area (Å²) in [6.07, 6.45) is 7.31. The van der Waals surface area contributed by atoms with Gasteiger partial charge in [-0.05, 0) is 25.2 Å². The van der Waals surface area contributed by atoms with E-state index in [1.807, 2.05) is 19.4 Å². The summed E-state index contributed by atoms with van der Waals surface area (Å²) in [7, 11) is 3.57. The molecule has 0 unspecified atom stereocenters. The Morgan fingerprint density at radius 1 is 1.33 bits per heavy atom. The predicted molar refractivity (Wildman–Crippen MR) is 120 cm³/mol. The van der Waals surface area contributed by atoms with Crippen LogP contribution in [-0.4, -0.2) is 67.0 Å². The Morgan fingerprint density at radius 3 is 2.70 bits per heavy atom. The van der Waals surface area contributed by atoms with E-state index in [4.69, 9.17) is 9.47 Å². The lowest BCUT2D eigenvalue weighted by Crippen LogP contribution is -2.47. The van der Waals surface area contributed by atoms with E-state index in [-0.39, 0.29) is 24.0 Å². The molecule has 1 aromatic heterocycles. The van der Waals surface area contributed by atoms with E-state index < -0.39 is 0 Å². The molecule has 0 aromatic carbocycles. The molecule has 8 heteroatoms. The van der Waals surface area contributed by atoms with Crippen molar-refractivity contribution in [3.8, 4) is 0 Å². The molecule has 0 amide bonds. The molecular weight excluding hydrogens is 457 g/mol. The smallest absolute Gasteiger partial charge is 0.194 e. The van der Waals surface area contributed by atoms with Crippen LogP contribution in [0, 0.1) is 5.92 Å². The third-order valence-corrected chi connectivity index (χ3v) is 4.57. The summed E-state index contributed by atoms with van der Waals surface area (Å²) >= 11 is 0. The topological polar surface area (TPSA) is 63.9 Å². The van der Waals surface area contributed by atoms with E-state index in [1.165, 1.54) is 0 Å². The van der Waals surface area contributed by atoms with Gasteiger partial charge in [0.1, 0.15) is 5.82 Å². The van der Waals surface area contributed by atoms with Crippen LogP contribution in [0.4, 0.5) is 0 Å². The molecule has 1 aliphatic heterocycles. The average Bonchev–Trinajstić information content (AvgIpc) is 3.07. The Balaban J connectivity index is 0.00000364. The summed E-state index contributed by atoms with van der Waals surface area (Å²) in [5.74, 6) is 2.60. The predicted octanol–water partition coefficient (Wildman–Crippen LogP) is 2.75. The number of piperidine rings is 1. The van der Waals surface area contributed by atoms with Crippen molar-refractivity contribution in [2.24, 2.45) is 10.9 Å². The summed E-state index contributed by atoms with van der Waals surface area (Å²) < 4.78 is 13.2. The van der Waals surface area contributed by atoms with Gasteiger partial charge in [0.25, 0.3) is 0 Å². The van der Waals surface area contributed by atoms with Crippen LogP contribution in [0.5, 0.6) is 0 Å². The number of likely N-dealkylation sites (tertiary alicyclic amines) is 1. The minimum atomic E-state index is 0. The number of hydrogen-bond acceptors (Lipinski definition) is 4. The Kier molecular flexibility index (Phi) is 11.9. The molecule has 2 rings (SSSR count). The van der Waals surface area contributed by atoms with Gasteiger partial charge in [-0.25, -0.2) is 4.98 Å². The van der Waals surface area contributed by atoms with E-state index in [0.717, 1.165) is 63.9 Å². The number of aromatic nitrogens is 2. The number of nitrogens with one attached hydrogen (secondary N) is 1. The van der Waals surface area contributed by atoms with Crippen LogP contribution < -0.4 is 5.32 Å². The second kappa shape index (κ2) is 13.3. The van der Waals surface area contributed by atoms with Gasteiger partial charge in [0, 0.05) is 59.4 Å². The van der Waals surface area contributed by atoms with Crippen LogP contribution in [0.25, 0.3) is 0 Å². The number of rotatable bonds is 9. The van der Waals surface area contributed by atoms with Crippen LogP contribution in [0.3, 0.4) is 0 Å². The maximum atomic E-state index is 5.94. The first-order chi connectivity index (χ1) is 12.6. The zero-order chi connectivity index (χ0) is 18.8. The van der Waals surface area contributed by atoms with Crippen LogP contribution in [0.1, 0.15) is 38.9 Å². The van der Waals surface area contributed by atoms with Crippen LogP contribution in [0.2, 0.25) is 0 Å². The van der Waals surface area contributed by atoms with Gasteiger partial charge in [0.05, 0.1) is 12.6 Å². The van der Waals surface area contributed by atoms with Gasteiger partial charge in [0.2, 0.25) is 0 Å². The third kappa shape index (κ3) is 8.35. The van der Waals surface area contributed by atoms with Crippen LogP contribution in [0.15, 0.2) is 17.4 Å². The number of ether oxygens (including phenoxy) is 2. The number of halogens is 1. The van der Waals surface area contributed by atoms with Crippen molar-refractivity contribution < 1.29 is 9.47 Å². The molecule has 156 valence electrons. The fraction of sp³-hybridized carbons (Fsp3) is 0.789. The van der Waals surface area contributed by atoms with Crippen molar-refractivity contribution in [2.45, 2.75) is 52.3 Å². The van der Waals surface area contributed by atoms with Gasteiger partial charge >= 0.3 is 0 Å². The number of methoxy groups -OCH3 is 1. The lowest BCUT2D eigenvalue weighted by molar-refractivity contribution is 0.00989. The number of imidazole rings is 1. The minimum absolute atomic E-state index is 0. The van der Waals surface area contributed by atoms with E-state index >= 15 is 0 Å². The maximum Gasteiger partial charge on any atom is 0.194 e. The first-order valence-electron chi connectivity index (χ1n) is 9.70. The van der Waals surface area contributed by atoms with Gasteiger partial charge < -0.3 is 24.3 Å². The van der Waals surface area contributed by atoms with Gasteiger partial charge in [-0.1, -0.05) is 13.8 Å². The van der Waals surface area contributed by atoms with Gasteiger partial charge in [0.15, 0.2) is 5.96 Å². The molecule has 1 N–H and O–H groups in total. The van der Waals surface area contributed by atoms with E-state index in [9.17, 15) is 0 Å². The van der Waals surface area contributed by atoms with E-state index in [2.05, 4.69) is 38.6 Å². The highest BCUT2D eigenvalue weighted by Crippen LogP contribution is 2.14. The lowest BCUT2D eigenvalue weighted by Gasteiger charge is -2.34. The molecule has 7 nitrogen and oxygen atoms in total. The second-order valence-electron chi connectivity index (χ2n) is 7.19. The molecule has 0 saturated carbocycles. The number of hydrogen-bond donors (Lipinski definition) is 1. The second-order valence-corrected chi connectivity index (χ2v) is 7.19. The highest BCUT2D eigenvalue weighted by atomic mass is 127. The lowest BCUT2D eigenvalue weighted by atomic mass is 10.1. The maximum absolute atomic E-state index is 5.94. The van der Waals surface area contributed by atoms with Gasteiger partial charge in [-0.2, -0.15) is 0 Å². The van der Waals surface area contributed by atoms with Crippen LogP contribution >= 0.6 is 24.0 Å². The van der Waals surface area contributed by atoms with Crippen molar-refractivity contribution in [1.29, 1.82) is 0 Å². The van der Waals surface area contributed by atoms with Crippen molar-refractivity contribution in [3.63, 3.8) is 0 Å². The average molecular weight is 493 g/mol. The number of nitrogens with zero attached hydrogens (tertiary/aromatic N) is 4. The summed E-state index contributed by atoms with van der Waals surface area (Å²) in [5.41, 5.74) is 0. The largest absolute Gasteiger partial charge is 0.385 e. The van der Waals surface area contributed by atoms with Crippen LogP contribution in [-0.2, 0) is 22.6 Å². The Labute approximate surface area is 180 Å². The standard InChI is InChI=1S/C19H35N5O2.HI/c1-16(2)15-24-11-8-21-18(24)14-22-19(20-3)23-9-6-17(7-10-23)26-13-5-12-25-4;/h8,11,16-17H,5-7,9-10,12-15H2,1-4H3,(H,20,22);1H. The molecule has 0 bridgehead atoms. The summed E-state index contributed by atoms with van der Waals surface area (Å²) in [6.45, 7) is 9.60. The molecule has 0 radical (unpaired) electrons. The fourth-order valence-electron chi connectivity index (χ4n) is 3.24.